The molecule has 2 rings (SSSR count). The van der Waals surface area contributed by atoms with Crippen molar-refractivity contribution >= 4 is 12.0 Å². The molecule has 1 aliphatic carbocycles. The third-order valence-corrected chi connectivity index (χ3v) is 2.77. The van der Waals surface area contributed by atoms with Crippen LogP contribution in [0.25, 0.3) is 0 Å². The molecule has 1 aromatic rings. The second kappa shape index (κ2) is 5.57. The number of carbonyl (C=O) groups is 2. The number of rotatable bonds is 6. The lowest BCUT2D eigenvalue weighted by Crippen LogP contribution is -2.41. The predicted octanol–water partition coefficient (Wildman–Crippen LogP) is 1.43. The lowest BCUT2D eigenvalue weighted by molar-refractivity contribution is -0.136. The Labute approximate surface area is 105 Å². The van der Waals surface area contributed by atoms with Gasteiger partial charge in [0.05, 0.1) is 19.2 Å². The van der Waals surface area contributed by atoms with Crippen LogP contribution in [-0.4, -0.2) is 34.6 Å². The van der Waals surface area contributed by atoms with E-state index in [2.05, 4.69) is 5.32 Å². The highest BCUT2D eigenvalue weighted by Gasteiger charge is 2.32. The highest BCUT2D eigenvalue weighted by Crippen LogP contribution is 2.28. The van der Waals surface area contributed by atoms with Crippen LogP contribution in [0.5, 0.6) is 0 Å². The van der Waals surface area contributed by atoms with Crippen LogP contribution in [-0.2, 0) is 11.3 Å². The molecule has 1 saturated carbocycles. The maximum atomic E-state index is 11.9. The number of hydrogen-bond donors (Lipinski definition) is 2. The molecule has 0 saturated heterocycles. The number of carboxylic acid groups (broad SMARTS) is 1. The smallest absolute Gasteiger partial charge is 0.318 e. The Kier molecular flexibility index (Phi) is 3.86. The lowest BCUT2D eigenvalue weighted by Gasteiger charge is -2.21. The minimum atomic E-state index is -0.917. The van der Waals surface area contributed by atoms with E-state index in [1.165, 1.54) is 0 Å². The van der Waals surface area contributed by atoms with Crippen LogP contribution in [0.2, 0.25) is 0 Å². The molecule has 18 heavy (non-hydrogen) atoms. The van der Waals surface area contributed by atoms with Crippen molar-refractivity contribution in [3.8, 4) is 0 Å². The van der Waals surface area contributed by atoms with E-state index in [0.29, 0.717) is 6.54 Å². The highest BCUT2D eigenvalue weighted by atomic mass is 16.4. The summed E-state index contributed by atoms with van der Waals surface area (Å²) in [4.78, 5) is 24.0. The topological polar surface area (TPSA) is 82.8 Å². The Morgan fingerprint density at radius 3 is 2.83 bits per heavy atom. The van der Waals surface area contributed by atoms with Gasteiger partial charge < -0.3 is 19.7 Å². The average molecular weight is 252 g/mol. The second-order valence-electron chi connectivity index (χ2n) is 4.31. The molecular weight excluding hydrogens is 236 g/mol. The van der Waals surface area contributed by atoms with E-state index >= 15 is 0 Å². The molecule has 0 aliphatic heterocycles. The molecule has 0 radical (unpaired) electrons. The van der Waals surface area contributed by atoms with Gasteiger partial charge in [0.25, 0.3) is 0 Å². The van der Waals surface area contributed by atoms with Gasteiger partial charge in [0.15, 0.2) is 0 Å². The van der Waals surface area contributed by atoms with Crippen molar-refractivity contribution in [1.29, 1.82) is 0 Å². The van der Waals surface area contributed by atoms with E-state index in [0.717, 1.165) is 18.6 Å². The molecule has 0 unspecified atom stereocenters. The second-order valence-corrected chi connectivity index (χ2v) is 4.31. The Morgan fingerprint density at radius 2 is 2.28 bits per heavy atom. The monoisotopic (exact) mass is 252 g/mol. The van der Waals surface area contributed by atoms with Gasteiger partial charge in [-0.05, 0) is 25.0 Å². The largest absolute Gasteiger partial charge is 0.481 e. The number of furan rings is 1. The van der Waals surface area contributed by atoms with Crippen LogP contribution in [0.1, 0.15) is 25.0 Å². The van der Waals surface area contributed by atoms with Crippen LogP contribution >= 0.6 is 0 Å². The molecule has 1 aliphatic rings. The zero-order valence-electron chi connectivity index (χ0n) is 9.96. The summed E-state index contributed by atoms with van der Waals surface area (Å²) >= 11 is 0. The molecule has 6 heteroatoms. The molecule has 1 heterocycles. The van der Waals surface area contributed by atoms with E-state index in [4.69, 9.17) is 9.52 Å². The fraction of sp³-hybridized carbons (Fsp3) is 0.500. The summed E-state index contributed by atoms with van der Waals surface area (Å²) in [6, 6.07) is 3.62. The summed E-state index contributed by atoms with van der Waals surface area (Å²) in [5, 5.41) is 11.1. The predicted molar refractivity (Wildman–Crippen MR) is 62.9 cm³/mol. The SMILES string of the molecule is O=C(O)CCNC(=O)N(Cc1ccco1)C1CC1. The molecule has 0 spiro atoms. The normalized spacial score (nSPS) is 14.2. The van der Waals surface area contributed by atoms with E-state index in [1.54, 1.807) is 17.2 Å². The number of nitrogens with zero attached hydrogens (tertiary/aromatic N) is 1. The van der Waals surface area contributed by atoms with Gasteiger partial charge in [-0.3, -0.25) is 4.79 Å². The van der Waals surface area contributed by atoms with E-state index < -0.39 is 5.97 Å². The maximum absolute atomic E-state index is 11.9. The Morgan fingerprint density at radius 1 is 1.50 bits per heavy atom. The summed E-state index contributed by atoms with van der Waals surface area (Å²) in [7, 11) is 0. The van der Waals surface area contributed by atoms with Gasteiger partial charge in [0.2, 0.25) is 0 Å². The third-order valence-electron chi connectivity index (χ3n) is 2.77. The van der Waals surface area contributed by atoms with Crippen molar-refractivity contribution in [2.75, 3.05) is 6.54 Å². The number of aliphatic carboxylic acids is 1. The van der Waals surface area contributed by atoms with Crippen LogP contribution in [0.4, 0.5) is 4.79 Å². The number of nitrogens with one attached hydrogen (secondary N) is 1. The van der Waals surface area contributed by atoms with Crippen molar-refractivity contribution in [2.45, 2.75) is 31.8 Å². The standard InChI is InChI=1S/C12H16N2O4/c15-11(16)5-6-13-12(17)14(9-3-4-9)8-10-2-1-7-18-10/h1-2,7,9H,3-6,8H2,(H,13,17)(H,15,16). The van der Waals surface area contributed by atoms with Crippen molar-refractivity contribution in [3.05, 3.63) is 24.2 Å². The van der Waals surface area contributed by atoms with Crippen LogP contribution in [0.3, 0.4) is 0 Å². The first-order chi connectivity index (χ1) is 8.66. The van der Waals surface area contributed by atoms with E-state index in [1.807, 2.05) is 6.07 Å². The van der Waals surface area contributed by atoms with Crippen LogP contribution in [0.15, 0.2) is 22.8 Å². The fourth-order valence-corrected chi connectivity index (χ4v) is 1.70. The maximum Gasteiger partial charge on any atom is 0.318 e. The molecule has 0 atom stereocenters. The Bertz CT molecular complexity index is 412. The van der Waals surface area contributed by atoms with Crippen LogP contribution < -0.4 is 5.32 Å². The summed E-state index contributed by atoms with van der Waals surface area (Å²) in [5.41, 5.74) is 0. The highest BCUT2D eigenvalue weighted by molar-refractivity contribution is 5.75. The summed E-state index contributed by atoms with van der Waals surface area (Å²) in [6.45, 7) is 0.576. The first-order valence-corrected chi connectivity index (χ1v) is 5.95. The van der Waals surface area contributed by atoms with E-state index in [-0.39, 0.29) is 25.0 Å². The summed E-state index contributed by atoms with van der Waals surface area (Å²) in [6.07, 6.45) is 3.49. The lowest BCUT2D eigenvalue weighted by atomic mass is 10.4. The van der Waals surface area contributed by atoms with Gasteiger partial charge >= 0.3 is 12.0 Å². The first kappa shape index (κ1) is 12.5. The average Bonchev–Trinajstić information content (AvgIpc) is 3.02. The molecule has 2 N–H and O–H groups in total. The van der Waals surface area contributed by atoms with Crippen molar-refractivity contribution in [1.82, 2.24) is 10.2 Å². The number of carbonyl (C=O) groups excluding carboxylic acids is 1. The molecule has 1 fully saturated rings. The van der Waals surface area contributed by atoms with Crippen molar-refractivity contribution < 1.29 is 19.1 Å². The summed E-state index contributed by atoms with van der Waals surface area (Å²) in [5.74, 6) is -0.186. The molecule has 0 aromatic carbocycles. The third kappa shape index (κ3) is 3.51. The number of carboxylic acids is 1. The molecule has 98 valence electrons. The Hall–Kier alpha value is -1.98. The van der Waals surface area contributed by atoms with Gasteiger partial charge in [-0.25, -0.2) is 4.79 Å². The van der Waals surface area contributed by atoms with Gasteiger partial charge in [0.1, 0.15) is 5.76 Å². The van der Waals surface area contributed by atoms with Crippen molar-refractivity contribution in [3.63, 3.8) is 0 Å². The zero-order valence-corrected chi connectivity index (χ0v) is 9.96. The molecule has 0 bridgehead atoms. The quantitative estimate of drug-likeness (QED) is 0.802. The van der Waals surface area contributed by atoms with Crippen molar-refractivity contribution in [2.24, 2.45) is 0 Å². The number of urea groups is 1. The minimum Gasteiger partial charge on any atom is -0.481 e. The molecule has 1 aromatic heterocycles. The van der Waals surface area contributed by atoms with Gasteiger partial charge in [-0.1, -0.05) is 0 Å². The first-order valence-electron chi connectivity index (χ1n) is 5.95. The molecule has 2 amide bonds. The Balaban J connectivity index is 1.85. The fourth-order valence-electron chi connectivity index (χ4n) is 1.70. The van der Waals surface area contributed by atoms with Gasteiger partial charge in [-0.15, -0.1) is 0 Å². The minimum absolute atomic E-state index is 0.0645. The molecular formula is C12H16N2O4. The van der Waals surface area contributed by atoms with Gasteiger partial charge in [-0.2, -0.15) is 0 Å². The summed E-state index contributed by atoms with van der Waals surface area (Å²) < 4.78 is 5.22. The zero-order chi connectivity index (χ0) is 13.0. The van der Waals surface area contributed by atoms with Crippen LogP contribution in [0, 0.1) is 0 Å². The number of amides is 2. The number of hydrogen-bond acceptors (Lipinski definition) is 3. The molecule has 6 nitrogen and oxygen atoms in total. The van der Waals surface area contributed by atoms with Gasteiger partial charge in [0, 0.05) is 12.6 Å². The van der Waals surface area contributed by atoms with E-state index in [9.17, 15) is 9.59 Å².